The zero-order valence-electron chi connectivity index (χ0n) is 8.38. The normalized spacial score (nSPS) is 10.3. The maximum absolute atomic E-state index is 13.1. The van der Waals surface area contributed by atoms with Crippen LogP contribution < -0.4 is 4.74 Å². The van der Waals surface area contributed by atoms with Crippen LogP contribution in [0.2, 0.25) is 0 Å². The van der Waals surface area contributed by atoms with Gasteiger partial charge in [0.15, 0.2) is 11.6 Å². The summed E-state index contributed by atoms with van der Waals surface area (Å²) < 4.78 is 45.6. The summed E-state index contributed by atoms with van der Waals surface area (Å²) in [5.74, 6) is -2.74. The molecule has 0 aliphatic carbocycles. The van der Waals surface area contributed by atoms with E-state index >= 15 is 0 Å². The quantitative estimate of drug-likeness (QED) is 0.751. The molecule has 16 heavy (non-hydrogen) atoms. The Bertz CT molecular complexity index is 380. The van der Waals surface area contributed by atoms with Crippen molar-refractivity contribution in [3.8, 4) is 5.75 Å². The average molecular weight is 234 g/mol. The molecule has 3 nitrogen and oxygen atoms in total. The number of alkyl halides is 2. The van der Waals surface area contributed by atoms with E-state index in [2.05, 4.69) is 9.47 Å². The highest BCUT2D eigenvalue weighted by molar-refractivity contribution is 5.92. The first-order chi connectivity index (χ1) is 7.56. The van der Waals surface area contributed by atoms with Gasteiger partial charge in [0, 0.05) is 0 Å². The Morgan fingerprint density at radius 2 is 2.12 bits per heavy atom. The van der Waals surface area contributed by atoms with Gasteiger partial charge >= 0.3 is 12.6 Å². The monoisotopic (exact) mass is 234 g/mol. The van der Waals surface area contributed by atoms with Gasteiger partial charge in [-0.25, -0.2) is 9.18 Å². The number of ether oxygens (including phenoxy) is 2. The Morgan fingerprint density at radius 3 is 2.69 bits per heavy atom. The maximum atomic E-state index is 13.1. The van der Waals surface area contributed by atoms with E-state index in [-0.39, 0.29) is 12.2 Å². The molecule has 0 saturated carbocycles. The van der Waals surface area contributed by atoms with Crippen LogP contribution in [0.25, 0.3) is 0 Å². The van der Waals surface area contributed by atoms with Crippen LogP contribution in [0.4, 0.5) is 13.2 Å². The molecule has 0 aromatic heterocycles. The smallest absolute Gasteiger partial charge is 0.387 e. The summed E-state index contributed by atoms with van der Waals surface area (Å²) in [5.41, 5.74) is -0.359. The Labute approximate surface area is 89.8 Å². The number of benzene rings is 1. The summed E-state index contributed by atoms with van der Waals surface area (Å²) in [6.07, 6.45) is 0. The Balaban J connectivity index is 3.07. The van der Waals surface area contributed by atoms with Gasteiger partial charge in [0.25, 0.3) is 0 Å². The number of rotatable bonds is 4. The van der Waals surface area contributed by atoms with Crippen LogP contribution in [0.1, 0.15) is 17.3 Å². The van der Waals surface area contributed by atoms with Crippen molar-refractivity contribution < 1.29 is 27.4 Å². The summed E-state index contributed by atoms with van der Waals surface area (Å²) in [7, 11) is 0. The summed E-state index contributed by atoms with van der Waals surface area (Å²) in [4.78, 5) is 11.3. The van der Waals surface area contributed by atoms with Crippen molar-refractivity contribution in [1.82, 2.24) is 0 Å². The minimum Gasteiger partial charge on any atom is -0.462 e. The number of hydrogen-bond acceptors (Lipinski definition) is 3. The number of para-hydroxylation sites is 1. The van der Waals surface area contributed by atoms with E-state index < -0.39 is 24.1 Å². The molecule has 6 heteroatoms. The molecule has 0 spiro atoms. The first-order valence-corrected chi connectivity index (χ1v) is 4.46. The van der Waals surface area contributed by atoms with Gasteiger partial charge in [-0.05, 0) is 19.1 Å². The summed E-state index contributed by atoms with van der Waals surface area (Å²) in [6, 6.07) is 3.28. The van der Waals surface area contributed by atoms with Crippen molar-refractivity contribution in [2.45, 2.75) is 13.5 Å². The molecule has 0 heterocycles. The van der Waals surface area contributed by atoms with E-state index in [0.29, 0.717) is 0 Å². The molecule has 0 aliphatic heterocycles. The summed E-state index contributed by atoms with van der Waals surface area (Å²) in [5, 5.41) is 0. The fourth-order valence-corrected chi connectivity index (χ4v) is 1.09. The molecule has 1 aromatic rings. The predicted octanol–water partition coefficient (Wildman–Crippen LogP) is 2.60. The van der Waals surface area contributed by atoms with Gasteiger partial charge in [-0.2, -0.15) is 8.78 Å². The maximum Gasteiger partial charge on any atom is 0.387 e. The Kier molecular flexibility index (Phi) is 4.16. The number of hydrogen-bond donors (Lipinski definition) is 0. The molecule has 0 bridgehead atoms. The van der Waals surface area contributed by atoms with Crippen molar-refractivity contribution in [1.29, 1.82) is 0 Å². The molecule has 0 amide bonds. The fourth-order valence-electron chi connectivity index (χ4n) is 1.09. The van der Waals surface area contributed by atoms with E-state index in [0.717, 1.165) is 12.1 Å². The highest BCUT2D eigenvalue weighted by Gasteiger charge is 2.20. The van der Waals surface area contributed by atoms with Gasteiger partial charge < -0.3 is 9.47 Å². The first-order valence-electron chi connectivity index (χ1n) is 4.46. The van der Waals surface area contributed by atoms with Gasteiger partial charge in [0.1, 0.15) is 5.56 Å². The van der Waals surface area contributed by atoms with E-state index in [9.17, 15) is 18.0 Å². The SMILES string of the molecule is CCOC(=O)c1cccc(F)c1OC(F)F. The van der Waals surface area contributed by atoms with E-state index in [1.54, 1.807) is 6.92 Å². The van der Waals surface area contributed by atoms with Crippen LogP contribution in [0.3, 0.4) is 0 Å². The molecule has 0 fully saturated rings. The molecule has 0 radical (unpaired) electrons. The average Bonchev–Trinajstić information content (AvgIpc) is 2.20. The lowest BCUT2D eigenvalue weighted by atomic mass is 10.2. The Morgan fingerprint density at radius 1 is 1.44 bits per heavy atom. The molecule has 88 valence electrons. The second kappa shape index (κ2) is 5.39. The first kappa shape index (κ1) is 12.4. The van der Waals surface area contributed by atoms with Crippen molar-refractivity contribution in [3.05, 3.63) is 29.6 Å². The lowest BCUT2D eigenvalue weighted by molar-refractivity contribution is -0.0528. The minimum atomic E-state index is -3.20. The third kappa shape index (κ3) is 2.88. The van der Waals surface area contributed by atoms with Crippen molar-refractivity contribution >= 4 is 5.97 Å². The van der Waals surface area contributed by atoms with Crippen LogP contribution in [0.15, 0.2) is 18.2 Å². The van der Waals surface area contributed by atoms with Gasteiger partial charge in [0.2, 0.25) is 0 Å². The van der Waals surface area contributed by atoms with Crippen LogP contribution >= 0.6 is 0 Å². The van der Waals surface area contributed by atoms with E-state index in [1.807, 2.05) is 0 Å². The van der Waals surface area contributed by atoms with Crippen LogP contribution in [-0.4, -0.2) is 19.2 Å². The number of halogens is 3. The molecular weight excluding hydrogens is 225 g/mol. The molecule has 0 unspecified atom stereocenters. The number of carbonyl (C=O) groups is 1. The fraction of sp³-hybridized carbons (Fsp3) is 0.300. The zero-order chi connectivity index (χ0) is 12.1. The molecule has 0 atom stereocenters. The van der Waals surface area contributed by atoms with Gasteiger partial charge in [-0.3, -0.25) is 0 Å². The van der Waals surface area contributed by atoms with Crippen LogP contribution in [-0.2, 0) is 4.74 Å². The molecule has 1 aromatic carbocycles. The van der Waals surface area contributed by atoms with Crippen LogP contribution in [0.5, 0.6) is 5.75 Å². The summed E-state index contributed by atoms with van der Waals surface area (Å²) in [6.45, 7) is -1.60. The highest BCUT2D eigenvalue weighted by atomic mass is 19.3. The topological polar surface area (TPSA) is 35.5 Å². The Hall–Kier alpha value is -1.72. The van der Waals surface area contributed by atoms with Crippen LogP contribution in [0, 0.1) is 5.82 Å². The summed E-state index contributed by atoms with van der Waals surface area (Å²) >= 11 is 0. The van der Waals surface area contributed by atoms with Crippen molar-refractivity contribution in [2.24, 2.45) is 0 Å². The lowest BCUT2D eigenvalue weighted by Gasteiger charge is -2.10. The second-order valence-corrected chi connectivity index (χ2v) is 2.72. The standard InChI is InChI=1S/C10H9F3O3/c1-2-15-9(14)6-4-3-5-7(11)8(6)16-10(12)13/h3-5,10H,2H2,1H3. The molecule has 0 aliphatic rings. The molecule has 1 rings (SSSR count). The van der Waals surface area contributed by atoms with Crippen molar-refractivity contribution in [2.75, 3.05) is 6.61 Å². The van der Waals surface area contributed by atoms with Gasteiger partial charge in [0.05, 0.1) is 6.61 Å². The second-order valence-electron chi connectivity index (χ2n) is 2.72. The van der Waals surface area contributed by atoms with Gasteiger partial charge in [-0.15, -0.1) is 0 Å². The molecular formula is C10H9F3O3. The zero-order valence-corrected chi connectivity index (χ0v) is 8.38. The van der Waals surface area contributed by atoms with E-state index in [1.165, 1.54) is 6.07 Å². The molecule has 0 N–H and O–H groups in total. The lowest BCUT2D eigenvalue weighted by Crippen LogP contribution is -2.11. The third-order valence-corrected chi connectivity index (χ3v) is 1.67. The minimum absolute atomic E-state index is 0.0590. The highest BCUT2D eigenvalue weighted by Crippen LogP contribution is 2.25. The number of carbonyl (C=O) groups excluding carboxylic acids is 1. The van der Waals surface area contributed by atoms with Gasteiger partial charge in [-0.1, -0.05) is 6.07 Å². The number of esters is 1. The third-order valence-electron chi connectivity index (χ3n) is 1.67. The predicted molar refractivity (Wildman–Crippen MR) is 49.0 cm³/mol. The van der Waals surface area contributed by atoms with E-state index in [4.69, 9.17) is 0 Å². The van der Waals surface area contributed by atoms with Crippen molar-refractivity contribution in [3.63, 3.8) is 0 Å². The molecule has 0 saturated heterocycles. The largest absolute Gasteiger partial charge is 0.462 e.